The molecule has 1 N–H and O–H groups in total. The molecule has 45 heavy (non-hydrogen) atoms. The topological polar surface area (TPSA) is 171 Å². The Kier molecular flexibility index (Phi) is 9.93. The molecule has 1 aliphatic heterocycles. The van der Waals surface area contributed by atoms with Crippen molar-refractivity contribution in [2.75, 3.05) is 53.0 Å². The first-order chi connectivity index (χ1) is 21.9. The summed E-state index contributed by atoms with van der Waals surface area (Å²) in [7, 11) is 1.49. The lowest BCUT2D eigenvalue weighted by atomic mass is 10.0. The van der Waals surface area contributed by atoms with Gasteiger partial charge in [0, 0.05) is 67.8 Å². The highest BCUT2D eigenvalue weighted by atomic mass is 16.5. The van der Waals surface area contributed by atoms with Gasteiger partial charge in [0.15, 0.2) is 5.78 Å². The first-order valence-electron chi connectivity index (χ1n) is 14.5. The summed E-state index contributed by atoms with van der Waals surface area (Å²) in [6.07, 6.45) is 2.08. The second kappa shape index (κ2) is 14.4. The summed E-state index contributed by atoms with van der Waals surface area (Å²) < 4.78 is 16.8. The molecule has 3 heterocycles. The summed E-state index contributed by atoms with van der Waals surface area (Å²) >= 11 is 0. The summed E-state index contributed by atoms with van der Waals surface area (Å²) in [6.45, 7) is 1.40. The van der Waals surface area contributed by atoms with Gasteiger partial charge in [-0.05, 0) is 41.9 Å². The first-order valence-corrected chi connectivity index (χ1v) is 14.5. The predicted molar refractivity (Wildman–Crippen MR) is 164 cm³/mol. The molecule has 232 valence electrons. The van der Waals surface area contributed by atoms with Crippen LogP contribution >= 0.6 is 0 Å². The number of fused-ring (bicyclic) bond motifs is 1. The number of piperazine rings is 1. The Bertz CT molecular complexity index is 1750. The summed E-state index contributed by atoms with van der Waals surface area (Å²) in [5, 5.41) is 3.81. The van der Waals surface area contributed by atoms with Gasteiger partial charge < -0.3 is 28.7 Å². The van der Waals surface area contributed by atoms with Crippen molar-refractivity contribution in [3.8, 4) is 17.1 Å². The van der Waals surface area contributed by atoms with Gasteiger partial charge in [-0.3, -0.25) is 19.2 Å². The monoisotopic (exact) mass is 612 g/mol. The number of ether oxygens (including phenoxy) is 2. The van der Waals surface area contributed by atoms with Gasteiger partial charge in [-0.25, -0.2) is 0 Å². The van der Waals surface area contributed by atoms with E-state index in [1.54, 1.807) is 53.4 Å². The van der Waals surface area contributed by atoms with Crippen molar-refractivity contribution in [3.05, 3.63) is 88.1 Å². The van der Waals surface area contributed by atoms with Crippen molar-refractivity contribution in [3.63, 3.8) is 0 Å². The van der Waals surface area contributed by atoms with Crippen LogP contribution in [0.25, 0.3) is 32.7 Å². The summed E-state index contributed by atoms with van der Waals surface area (Å²) in [4.78, 5) is 60.7. The number of rotatable bonds is 13. The quantitative estimate of drug-likeness (QED) is 0.0581. The Morgan fingerprint density at radius 1 is 1.00 bits per heavy atom. The van der Waals surface area contributed by atoms with Gasteiger partial charge in [0.25, 0.3) is 17.6 Å². The standard InChI is InChI=1S/C32H32N6O7/c1-43-27-12-10-24(26-11-9-23(45-26)8-7-22(39)20-44-18-13-35-36-33)29-28(27)25(19-34-29)30(40)32(42)38-16-14-37(15-17-38)31(41)21-5-3-2-4-6-21/h2-6,9-12,19,34H,7-8,13-18,20H2,1H3. The predicted octanol–water partition coefficient (Wildman–Crippen LogP) is 4.43. The second-order valence-corrected chi connectivity index (χ2v) is 10.4. The van der Waals surface area contributed by atoms with E-state index in [1.165, 1.54) is 18.2 Å². The minimum atomic E-state index is -0.681. The Balaban J connectivity index is 1.26. The fourth-order valence-electron chi connectivity index (χ4n) is 5.23. The molecular weight excluding hydrogens is 580 g/mol. The molecule has 5 rings (SSSR count). The Morgan fingerprint density at radius 3 is 2.49 bits per heavy atom. The Hall–Kier alpha value is -5.39. The summed E-state index contributed by atoms with van der Waals surface area (Å²) in [5.41, 5.74) is 10.3. The number of azide groups is 1. The van der Waals surface area contributed by atoms with Crippen LogP contribution in [0.15, 0.2) is 70.3 Å². The Labute approximate surface area is 258 Å². The van der Waals surface area contributed by atoms with Gasteiger partial charge in [0.2, 0.25) is 0 Å². The molecule has 0 radical (unpaired) electrons. The van der Waals surface area contributed by atoms with Crippen LogP contribution < -0.4 is 4.74 Å². The van der Waals surface area contributed by atoms with Crippen LogP contribution in [-0.2, 0) is 20.7 Å². The molecule has 2 amide bonds. The molecule has 13 nitrogen and oxygen atoms in total. The third-order valence-electron chi connectivity index (χ3n) is 7.57. The first kappa shape index (κ1) is 31.0. The summed E-state index contributed by atoms with van der Waals surface area (Å²) in [5.74, 6) is -0.0176. The maximum absolute atomic E-state index is 13.5. The second-order valence-electron chi connectivity index (χ2n) is 10.4. The van der Waals surface area contributed by atoms with E-state index >= 15 is 0 Å². The smallest absolute Gasteiger partial charge is 0.295 e. The highest BCUT2D eigenvalue weighted by Crippen LogP contribution is 2.37. The van der Waals surface area contributed by atoms with E-state index in [0.29, 0.717) is 58.8 Å². The molecular formula is C32H32N6O7. The van der Waals surface area contributed by atoms with Crippen molar-refractivity contribution in [2.24, 2.45) is 5.11 Å². The highest BCUT2D eigenvalue weighted by molar-refractivity contribution is 6.45. The van der Waals surface area contributed by atoms with Crippen LogP contribution in [0.1, 0.15) is 32.9 Å². The average Bonchev–Trinajstić information content (AvgIpc) is 3.74. The molecule has 2 aromatic heterocycles. The normalized spacial score (nSPS) is 13.0. The van der Waals surface area contributed by atoms with Crippen molar-refractivity contribution in [1.29, 1.82) is 0 Å². The minimum absolute atomic E-state index is 0.0763. The van der Waals surface area contributed by atoms with Crippen molar-refractivity contribution < 1.29 is 33.1 Å². The van der Waals surface area contributed by atoms with Crippen LogP contribution in [-0.4, -0.2) is 91.2 Å². The number of furan rings is 1. The zero-order valence-corrected chi connectivity index (χ0v) is 24.7. The van der Waals surface area contributed by atoms with E-state index in [4.69, 9.17) is 19.4 Å². The van der Waals surface area contributed by atoms with Crippen LogP contribution in [0.4, 0.5) is 0 Å². The van der Waals surface area contributed by atoms with E-state index in [-0.39, 0.29) is 56.5 Å². The number of carbonyl (C=O) groups excluding carboxylic acids is 4. The van der Waals surface area contributed by atoms with E-state index < -0.39 is 11.7 Å². The number of ketones is 2. The molecule has 0 unspecified atom stereocenters. The van der Waals surface area contributed by atoms with Crippen LogP contribution in [0.3, 0.4) is 0 Å². The number of nitrogens with zero attached hydrogens (tertiary/aromatic N) is 5. The minimum Gasteiger partial charge on any atom is -0.496 e. The molecule has 0 bridgehead atoms. The van der Waals surface area contributed by atoms with Gasteiger partial charge in [-0.15, -0.1) is 0 Å². The third kappa shape index (κ3) is 7.06. The SMILES string of the molecule is COc1ccc(-c2ccc(CCC(=O)COCCN=[N+]=[N-])o2)c2[nH]cc(C(=O)C(=O)N3CCN(C(=O)c4ccccc4)CC3)c12. The number of amides is 2. The van der Waals surface area contributed by atoms with Crippen molar-refractivity contribution in [2.45, 2.75) is 12.8 Å². The highest BCUT2D eigenvalue weighted by Gasteiger charge is 2.31. The lowest BCUT2D eigenvalue weighted by Gasteiger charge is -2.34. The largest absolute Gasteiger partial charge is 0.496 e. The molecule has 4 aromatic rings. The molecule has 1 fully saturated rings. The zero-order chi connectivity index (χ0) is 31.8. The zero-order valence-electron chi connectivity index (χ0n) is 24.7. The number of hydrogen-bond donors (Lipinski definition) is 1. The molecule has 0 saturated carbocycles. The molecule has 0 aliphatic carbocycles. The fraction of sp³-hybridized carbons (Fsp3) is 0.312. The number of nitrogens with one attached hydrogen (secondary N) is 1. The van der Waals surface area contributed by atoms with Crippen LogP contribution in [0, 0.1) is 0 Å². The number of methoxy groups -OCH3 is 1. The van der Waals surface area contributed by atoms with Gasteiger partial charge in [0.1, 0.15) is 23.9 Å². The van der Waals surface area contributed by atoms with E-state index in [9.17, 15) is 19.2 Å². The third-order valence-corrected chi connectivity index (χ3v) is 7.57. The molecule has 13 heteroatoms. The Morgan fingerprint density at radius 2 is 1.76 bits per heavy atom. The number of benzene rings is 2. The van der Waals surface area contributed by atoms with Gasteiger partial charge >= 0.3 is 0 Å². The average molecular weight is 613 g/mol. The van der Waals surface area contributed by atoms with Crippen molar-refractivity contribution >= 4 is 34.3 Å². The number of Topliss-reactive ketones (excluding diaryl/α,β-unsaturated/α-hetero) is 2. The molecule has 0 atom stereocenters. The molecule has 0 spiro atoms. The van der Waals surface area contributed by atoms with Crippen molar-refractivity contribution in [1.82, 2.24) is 14.8 Å². The maximum atomic E-state index is 13.5. The fourth-order valence-corrected chi connectivity index (χ4v) is 5.23. The number of carbonyl (C=O) groups is 4. The van der Waals surface area contributed by atoms with E-state index in [1.807, 2.05) is 6.07 Å². The molecule has 1 saturated heterocycles. The number of aryl methyl sites for hydroxylation is 1. The van der Waals surface area contributed by atoms with Gasteiger partial charge in [-0.2, -0.15) is 0 Å². The lowest BCUT2D eigenvalue weighted by Crippen LogP contribution is -2.52. The molecule has 1 aliphatic rings. The number of hydrogen-bond acceptors (Lipinski definition) is 8. The summed E-state index contributed by atoms with van der Waals surface area (Å²) in [6, 6.07) is 16.0. The van der Waals surface area contributed by atoms with E-state index in [2.05, 4.69) is 15.0 Å². The number of H-pyrrole nitrogens is 1. The number of aromatic nitrogens is 1. The van der Waals surface area contributed by atoms with Gasteiger partial charge in [-0.1, -0.05) is 23.3 Å². The van der Waals surface area contributed by atoms with Gasteiger partial charge in [0.05, 0.1) is 30.2 Å². The van der Waals surface area contributed by atoms with Crippen LogP contribution in [0.2, 0.25) is 0 Å². The number of aromatic amines is 1. The molecule has 2 aromatic carbocycles. The maximum Gasteiger partial charge on any atom is 0.295 e. The lowest BCUT2D eigenvalue weighted by molar-refractivity contribution is -0.127. The van der Waals surface area contributed by atoms with E-state index in [0.717, 1.165) is 0 Å². The van der Waals surface area contributed by atoms with Crippen LogP contribution in [0.5, 0.6) is 5.75 Å².